The Morgan fingerprint density at radius 3 is 2.53 bits per heavy atom. The zero-order chi connectivity index (χ0) is 13.8. The minimum atomic E-state index is -0.421. The second-order valence-electron chi connectivity index (χ2n) is 3.91. The van der Waals surface area contributed by atoms with Crippen molar-refractivity contribution in [2.45, 2.75) is 11.9 Å². The van der Waals surface area contributed by atoms with Crippen LogP contribution >= 0.6 is 27.5 Å². The van der Waals surface area contributed by atoms with Crippen molar-refractivity contribution in [3.05, 3.63) is 64.2 Å². The van der Waals surface area contributed by atoms with E-state index in [-0.39, 0.29) is 12.4 Å². The van der Waals surface area contributed by atoms with Crippen LogP contribution in [0.2, 0.25) is 5.02 Å². The highest BCUT2D eigenvalue weighted by molar-refractivity contribution is 9.08. The molecule has 0 amide bonds. The van der Waals surface area contributed by atoms with Crippen LogP contribution in [-0.4, -0.2) is 0 Å². The minimum absolute atomic E-state index is 0.0641. The molecule has 0 unspecified atom stereocenters. The van der Waals surface area contributed by atoms with E-state index in [9.17, 15) is 8.78 Å². The topological polar surface area (TPSA) is 9.23 Å². The first kappa shape index (κ1) is 14.3. The Balaban J connectivity index is 2.14. The quantitative estimate of drug-likeness (QED) is 0.700. The summed E-state index contributed by atoms with van der Waals surface area (Å²) >= 11 is 8.93. The van der Waals surface area contributed by atoms with E-state index in [0.717, 1.165) is 0 Å². The molecule has 0 saturated carbocycles. The summed E-state index contributed by atoms with van der Waals surface area (Å²) in [6, 6.07) is 8.60. The molecule has 0 bridgehead atoms. The monoisotopic (exact) mass is 346 g/mol. The summed E-state index contributed by atoms with van der Waals surface area (Å²) in [5.74, 6) is -0.234. The molecule has 0 aromatic heterocycles. The molecule has 0 radical (unpaired) electrons. The van der Waals surface area contributed by atoms with Crippen LogP contribution in [0.15, 0.2) is 36.4 Å². The lowest BCUT2D eigenvalue weighted by Crippen LogP contribution is -2.00. The standard InChI is InChI=1S/C14H10BrClF2O/c15-7-10-5-12(17)3-4-14(10)19-8-9-1-2-11(16)6-13(9)18/h1-6H,7-8H2. The van der Waals surface area contributed by atoms with Crippen molar-refractivity contribution in [1.29, 1.82) is 0 Å². The van der Waals surface area contributed by atoms with E-state index in [2.05, 4.69) is 15.9 Å². The highest BCUT2D eigenvalue weighted by Gasteiger charge is 2.07. The second kappa shape index (κ2) is 6.35. The molecular formula is C14H10BrClF2O. The minimum Gasteiger partial charge on any atom is -0.488 e. The Morgan fingerprint density at radius 1 is 1.05 bits per heavy atom. The van der Waals surface area contributed by atoms with Crippen molar-refractivity contribution >= 4 is 27.5 Å². The second-order valence-corrected chi connectivity index (χ2v) is 4.91. The van der Waals surface area contributed by atoms with Crippen LogP contribution in [0.25, 0.3) is 0 Å². The van der Waals surface area contributed by atoms with Crippen LogP contribution in [-0.2, 0) is 11.9 Å². The molecule has 2 rings (SSSR count). The Bertz CT molecular complexity index is 590. The Morgan fingerprint density at radius 2 is 1.84 bits per heavy atom. The number of alkyl halides is 1. The van der Waals surface area contributed by atoms with Gasteiger partial charge in [-0.05, 0) is 30.3 Å². The summed E-state index contributed by atoms with van der Waals surface area (Å²) < 4.78 is 32.1. The number of hydrogen-bond donors (Lipinski definition) is 0. The van der Waals surface area contributed by atoms with Crippen LogP contribution in [0.5, 0.6) is 5.75 Å². The molecule has 100 valence electrons. The number of ether oxygens (including phenoxy) is 1. The van der Waals surface area contributed by atoms with Gasteiger partial charge < -0.3 is 4.74 Å². The molecule has 0 aliphatic heterocycles. The first-order valence-corrected chi connectivity index (χ1v) is 7.01. The predicted molar refractivity (Wildman–Crippen MR) is 74.8 cm³/mol. The van der Waals surface area contributed by atoms with Gasteiger partial charge in [-0.15, -0.1) is 0 Å². The molecule has 0 N–H and O–H groups in total. The molecule has 2 aromatic carbocycles. The molecule has 0 aliphatic carbocycles. The van der Waals surface area contributed by atoms with E-state index in [1.54, 1.807) is 12.1 Å². The SMILES string of the molecule is Fc1ccc(OCc2ccc(Cl)cc2F)c(CBr)c1. The van der Waals surface area contributed by atoms with Crippen LogP contribution in [0.1, 0.15) is 11.1 Å². The van der Waals surface area contributed by atoms with E-state index in [1.165, 1.54) is 24.3 Å². The zero-order valence-corrected chi connectivity index (χ0v) is 12.1. The Hall–Kier alpha value is -1.13. The fraction of sp³-hybridized carbons (Fsp3) is 0.143. The van der Waals surface area contributed by atoms with Gasteiger partial charge in [0, 0.05) is 21.5 Å². The lowest BCUT2D eigenvalue weighted by atomic mass is 10.2. The third kappa shape index (κ3) is 3.67. The van der Waals surface area contributed by atoms with Gasteiger partial charge in [-0.1, -0.05) is 33.6 Å². The average Bonchev–Trinajstić information content (AvgIpc) is 2.39. The van der Waals surface area contributed by atoms with Crippen molar-refractivity contribution < 1.29 is 13.5 Å². The lowest BCUT2D eigenvalue weighted by molar-refractivity contribution is 0.297. The maximum atomic E-state index is 13.6. The van der Waals surface area contributed by atoms with E-state index in [0.29, 0.717) is 27.2 Å². The molecule has 19 heavy (non-hydrogen) atoms. The summed E-state index contributed by atoms with van der Waals surface area (Å²) in [5, 5.41) is 0.799. The van der Waals surface area contributed by atoms with E-state index >= 15 is 0 Å². The molecule has 0 fully saturated rings. The largest absolute Gasteiger partial charge is 0.488 e. The Labute approximate surface area is 123 Å². The maximum absolute atomic E-state index is 13.6. The van der Waals surface area contributed by atoms with Crippen LogP contribution in [0.4, 0.5) is 8.78 Å². The number of rotatable bonds is 4. The number of hydrogen-bond acceptors (Lipinski definition) is 1. The summed E-state index contributed by atoms with van der Waals surface area (Å²) in [5.41, 5.74) is 1.07. The summed E-state index contributed by atoms with van der Waals surface area (Å²) in [4.78, 5) is 0. The van der Waals surface area contributed by atoms with E-state index in [1.807, 2.05) is 0 Å². The van der Waals surface area contributed by atoms with E-state index < -0.39 is 5.82 Å². The number of benzene rings is 2. The van der Waals surface area contributed by atoms with Crippen molar-refractivity contribution in [1.82, 2.24) is 0 Å². The van der Waals surface area contributed by atoms with Gasteiger partial charge in [-0.2, -0.15) is 0 Å². The van der Waals surface area contributed by atoms with Crippen LogP contribution < -0.4 is 4.74 Å². The summed E-state index contributed by atoms with van der Waals surface area (Å²) in [6.45, 7) is 0.0641. The van der Waals surface area contributed by atoms with Crippen molar-refractivity contribution in [2.24, 2.45) is 0 Å². The molecule has 1 nitrogen and oxygen atoms in total. The van der Waals surface area contributed by atoms with Gasteiger partial charge in [0.1, 0.15) is 24.0 Å². The van der Waals surface area contributed by atoms with Gasteiger partial charge >= 0.3 is 0 Å². The fourth-order valence-electron chi connectivity index (χ4n) is 1.59. The van der Waals surface area contributed by atoms with Gasteiger partial charge in [0.25, 0.3) is 0 Å². The number of halogens is 4. The Kier molecular flexibility index (Phi) is 4.77. The summed E-state index contributed by atoms with van der Waals surface area (Å²) in [6.07, 6.45) is 0. The van der Waals surface area contributed by atoms with Gasteiger partial charge in [-0.3, -0.25) is 0 Å². The first-order valence-electron chi connectivity index (χ1n) is 5.51. The highest BCUT2D eigenvalue weighted by Crippen LogP contribution is 2.24. The molecule has 2 aromatic rings. The third-order valence-electron chi connectivity index (χ3n) is 2.56. The zero-order valence-electron chi connectivity index (χ0n) is 9.80. The van der Waals surface area contributed by atoms with Crippen molar-refractivity contribution in [3.8, 4) is 5.75 Å². The highest BCUT2D eigenvalue weighted by atomic mass is 79.9. The van der Waals surface area contributed by atoms with Crippen molar-refractivity contribution in [2.75, 3.05) is 0 Å². The van der Waals surface area contributed by atoms with E-state index in [4.69, 9.17) is 16.3 Å². The molecule has 5 heteroatoms. The summed E-state index contributed by atoms with van der Waals surface area (Å²) in [7, 11) is 0. The first-order chi connectivity index (χ1) is 9.10. The molecular weight excluding hydrogens is 338 g/mol. The normalized spacial score (nSPS) is 10.5. The smallest absolute Gasteiger partial charge is 0.131 e. The average molecular weight is 348 g/mol. The molecule has 0 aliphatic rings. The van der Waals surface area contributed by atoms with Crippen LogP contribution in [0.3, 0.4) is 0 Å². The van der Waals surface area contributed by atoms with Gasteiger partial charge in [0.15, 0.2) is 0 Å². The van der Waals surface area contributed by atoms with Crippen LogP contribution in [0, 0.1) is 11.6 Å². The molecule has 0 atom stereocenters. The van der Waals surface area contributed by atoms with Gasteiger partial charge in [0.2, 0.25) is 0 Å². The lowest BCUT2D eigenvalue weighted by Gasteiger charge is -2.11. The molecule has 0 spiro atoms. The van der Waals surface area contributed by atoms with Gasteiger partial charge in [-0.25, -0.2) is 8.78 Å². The maximum Gasteiger partial charge on any atom is 0.131 e. The fourth-order valence-corrected chi connectivity index (χ4v) is 2.18. The predicted octanol–water partition coefficient (Wildman–Crippen LogP) is 5.09. The van der Waals surface area contributed by atoms with Crippen molar-refractivity contribution in [3.63, 3.8) is 0 Å². The van der Waals surface area contributed by atoms with Gasteiger partial charge in [0.05, 0.1) is 0 Å². The third-order valence-corrected chi connectivity index (χ3v) is 3.40. The molecule has 0 heterocycles. The molecule has 0 saturated heterocycles.